The molecule has 1 aromatic carbocycles. The second-order valence-corrected chi connectivity index (χ2v) is 5.33. The standard InChI is InChI=1S/C17H17NO3/c1-12(19)18-10-17(20)15-9-14(7-8-16(15)18)21-11-13-5-3-2-4-6-13/h2-8,15H,9-11H2,1H3. The molecule has 4 heteroatoms. The van der Waals surface area contributed by atoms with Crippen LogP contribution in [0.15, 0.2) is 53.9 Å². The van der Waals surface area contributed by atoms with Gasteiger partial charge >= 0.3 is 0 Å². The number of hydrogen-bond acceptors (Lipinski definition) is 3. The Kier molecular flexibility index (Phi) is 3.60. The molecule has 0 bridgehead atoms. The highest BCUT2D eigenvalue weighted by Crippen LogP contribution is 2.34. The van der Waals surface area contributed by atoms with Crippen molar-refractivity contribution in [2.75, 3.05) is 6.54 Å². The van der Waals surface area contributed by atoms with E-state index < -0.39 is 0 Å². The molecule has 4 nitrogen and oxygen atoms in total. The first-order valence-electron chi connectivity index (χ1n) is 7.03. The van der Waals surface area contributed by atoms with Gasteiger partial charge in [0.25, 0.3) is 0 Å². The Labute approximate surface area is 123 Å². The van der Waals surface area contributed by atoms with Crippen molar-refractivity contribution in [2.45, 2.75) is 20.0 Å². The first-order valence-corrected chi connectivity index (χ1v) is 7.03. The van der Waals surface area contributed by atoms with Gasteiger partial charge in [0.05, 0.1) is 18.2 Å². The number of benzene rings is 1. The predicted molar refractivity (Wildman–Crippen MR) is 77.9 cm³/mol. The number of allylic oxidation sites excluding steroid dienone is 4. The average molecular weight is 283 g/mol. The van der Waals surface area contributed by atoms with Gasteiger partial charge in [-0.2, -0.15) is 0 Å². The highest BCUT2D eigenvalue weighted by Gasteiger charge is 2.39. The van der Waals surface area contributed by atoms with E-state index in [0.717, 1.165) is 17.0 Å². The average Bonchev–Trinajstić information content (AvgIpc) is 2.83. The molecule has 108 valence electrons. The highest BCUT2D eigenvalue weighted by molar-refractivity contribution is 5.95. The molecule has 21 heavy (non-hydrogen) atoms. The molecule has 0 aromatic heterocycles. The summed E-state index contributed by atoms with van der Waals surface area (Å²) in [5.74, 6) is 0.570. The van der Waals surface area contributed by atoms with E-state index in [2.05, 4.69) is 0 Å². The van der Waals surface area contributed by atoms with E-state index in [0.29, 0.717) is 13.0 Å². The molecule has 2 aliphatic rings. The molecule has 3 rings (SSSR count). The molecule has 1 aliphatic carbocycles. The van der Waals surface area contributed by atoms with E-state index in [1.807, 2.05) is 42.5 Å². The monoisotopic (exact) mass is 283 g/mol. The third-order valence-corrected chi connectivity index (χ3v) is 3.86. The summed E-state index contributed by atoms with van der Waals surface area (Å²) in [7, 11) is 0. The van der Waals surface area contributed by atoms with E-state index >= 15 is 0 Å². The largest absolute Gasteiger partial charge is 0.493 e. The molecule has 0 radical (unpaired) electrons. The van der Waals surface area contributed by atoms with E-state index in [4.69, 9.17) is 4.74 Å². The van der Waals surface area contributed by atoms with Gasteiger partial charge in [-0.25, -0.2) is 0 Å². The number of carbonyl (C=O) groups is 2. The molecule has 1 aromatic rings. The Morgan fingerprint density at radius 2 is 2.05 bits per heavy atom. The van der Waals surface area contributed by atoms with Crippen molar-refractivity contribution >= 4 is 11.7 Å². The molecule has 1 heterocycles. The summed E-state index contributed by atoms with van der Waals surface area (Å²) < 4.78 is 5.78. The summed E-state index contributed by atoms with van der Waals surface area (Å²) in [4.78, 5) is 25.1. The number of Topliss-reactive ketones (excluding diaryl/α,β-unsaturated/α-hetero) is 1. The maximum absolute atomic E-state index is 12.0. The first kappa shape index (κ1) is 13.6. The lowest BCUT2D eigenvalue weighted by Gasteiger charge is -2.22. The van der Waals surface area contributed by atoms with Crippen molar-refractivity contribution in [1.82, 2.24) is 4.90 Å². The number of hydrogen-bond donors (Lipinski definition) is 0. The smallest absolute Gasteiger partial charge is 0.224 e. The molecular weight excluding hydrogens is 266 g/mol. The minimum absolute atomic E-state index is 0.0841. The lowest BCUT2D eigenvalue weighted by Crippen LogP contribution is -2.25. The molecule has 1 unspecified atom stereocenters. The molecule has 0 spiro atoms. The number of ether oxygens (including phenoxy) is 1. The van der Waals surface area contributed by atoms with Gasteiger partial charge in [-0.15, -0.1) is 0 Å². The normalized spacial score (nSPS) is 20.7. The zero-order valence-electron chi connectivity index (χ0n) is 11.9. The quantitative estimate of drug-likeness (QED) is 0.856. The molecule has 1 atom stereocenters. The van der Waals surface area contributed by atoms with Gasteiger partial charge in [-0.1, -0.05) is 30.3 Å². The van der Waals surface area contributed by atoms with E-state index in [1.165, 1.54) is 6.92 Å². The van der Waals surface area contributed by atoms with Crippen molar-refractivity contribution in [1.29, 1.82) is 0 Å². The highest BCUT2D eigenvalue weighted by atomic mass is 16.5. The van der Waals surface area contributed by atoms with Gasteiger partial charge in [0.2, 0.25) is 5.91 Å². The Bertz CT molecular complexity index is 631. The second kappa shape index (κ2) is 5.56. The van der Waals surface area contributed by atoms with Crippen LogP contribution in [0.1, 0.15) is 18.9 Å². The number of carbonyl (C=O) groups excluding carboxylic acids is 2. The fourth-order valence-electron chi connectivity index (χ4n) is 2.73. The minimum Gasteiger partial charge on any atom is -0.493 e. The van der Waals surface area contributed by atoms with Gasteiger partial charge in [0.15, 0.2) is 5.78 Å². The van der Waals surface area contributed by atoms with Crippen LogP contribution in [-0.4, -0.2) is 23.1 Å². The maximum atomic E-state index is 12.0. The van der Waals surface area contributed by atoms with E-state index in [-0.39, 0.29) is 24.2 Å². The van der Waals surface area contributed by atoms with Crippen molar-refractivity contribution in [2.24, 2.45) is 5.92 Å². The summed E-state index contributed by atoms with van der Waals surface area (Å²) in [5.41, 5.74) is 1.90. The molecule has 1 amide bonds. The number of ketones is 1. The maximum Gasteiger partial charge on any atom is 0.224 e. The van der Waals surface area contributed by atoms with Crippen molar-refractivity contribution in [3.63, 3.8) is 0 Å². The van der Waals surface area contributed by atoms with Crippen LogP contribution in [0.4, 0.5) is 0 Å². The Balaban J connectivity index is 1.70. The van der Waals surface area contributed by atoms with Crippen molar-refractivity contribution < 1.29 is 14.3 Å². The summed E-state index contributed by atoms with van der Waals surface area (Å²) in [6.07, 6.45) is 4.24. The molecular formula is C17H17NO3. The van der Waals surface area contributed by atoms with Crippen LogP contribution in [0.2, 0.25) is 0 Å². The van der Waals surface area contributed by atoms with Crippen LogP contribution < -0.4 is 0 Å². The SMILES string of the molecule is CC(=O)N1CC(=O)C2CC(OCc3ccccc3)=CC=C21. The van der Waals surface area contributed by atoms with Gasteiger partial charge in [-0.05, 0) is 17.7 Å². The molecule has 0 N–H and O–H groups in total. The van der Waals surface area contributed by atoms with E-state index in [9.17, 15) is 9.59 Å². The topological polar surface area (TPSA) is 46.6 Å². The van der Waals surface area contributed by atoms with Crippen molar-refractivity contribution in [3.8, 4) is 0 Å². The van der Waals surface area contributed by atoms with Crippen LogP contribution in [0.5, 0.6) is 0 Å². The first-order chi connectivity index (χ1) is 10.1. The third kappa shape index (κ3) is 2.75. The summed E-state index contributed by atoms with van der Waals surface area (Å²) in [5, 5.41) is 0. The van der Waals surface area contributed by atoms with Crippen LogP contribution in [-0.2, 0) is 20.9 Å². The fourth-order valence-corrected chi connectivity index (χ4v) is 2.73. The number of amides is 1. The van der Waals surface area contributed by atoms with Gasteiger partial charge in [0, 0.05) is 19.0 Å². The lowest BCUT2D eigenvalue weighted by molar-refractivity contribution is -0.128. The summed E-state index contributed by atoms with van der Waals surface area (Å²) in [6.45, 7) is 2.17. The predicted octanol–water partition coefficient (Wildman–Crippen LogP) is 2.42. The molecule has 1 aliphatic heterocycles. The molecule has 0 saturated carbocycles. The summed E-state index contributed by atoms with van der Waals surface area (Å²) in [6, 6.07) is 9.91. The zero-order chi connectivity index (χ0) is 14.8. The Hall–Kier alpha value is -2.36. The van der Waals surface area contributed by atoms with E-state index in [1.54, 1.807) is 4.90 Å². The Morgan fingerprint density at radius 3 is 2.76 bits per heavy atom. The zero-order valence-corrected chi connectivity index (χ0v) is 11.9. The van der Waals surface area contributed by atoms with Crippen LogP contribution >= 0.6 is 0 Å². The van der Waals surface area contributed by atoms with Crippen LogP contribution in [0, 0.1) is 5.92 Å². The van der Waals surface area contributed by atoms with Gasteiger partial charge in [-0.3, -0.25) is 9.59 Å². The number of nitrogens with zero attached hydrogens (tertiary/aromatic N) is 1. The van der Waals surface area contributed by atoms with Gasteiger partial charge < -0.3 is 9.64 Å². The number of rotatable bonds is 3. The Morgan fingerprint density at radius 1 is 1.29 bits per heavy atom. The lowest BCUT2D eigenvalue weighted by atomic mass is 9.94. The third-order valence-electron chi connectivity index (χ3n) is 3.86. The van der Waals surface area contributed by atoms with Crippen LogP contribution in [0.3, 0.4) is 0 Å². The summed E-state index contributed by atoms with van der Waals surface area (Å²) >= 11 is 0. The minimum atomic E-state index is -0.232. The molecule has 1 saturated heterocycles. The number of likely N-dealkylation sites (tertiary alicyclic amines) is 1. The van der Waals surface area contributed by atoms with Gasteiger partial charge in [0.1, 0.15) is 6.61 Å². The second-order valence-electron chi connectivity index (χ2n) is 5.33. The molecule has 1 fully saturated rings. The fraction of sp³-hybridized carbons (Fsp3) is 0.294. The van der Waals surface area contributed by atoms with Crippen LogP contribution in [0.25, 0.3) is 0 Å². The van der Waals surface area contributed by atoms with Crippen molar-refractivity contribution in [3.05, 3.63) is 59.5 Å². The number of fused-ring (bicyclic) bond motifs is 1.